The quantitative estimate of drug-likeness (QED) is 0.416. The van der Waals surface area contributed by atoms with Crippen molar-refractivity contribution in [1.29, 1.82) is 0 Å². The number of ether oxygens (including phenoxy) is 3. The number of hydrogen-bond donors (Lipinski definition) is 0. The lowest BCUT2D eigenvalue weighted by Gasteiger charge is -2.14. The molecule has 0 heterocycles. The van der Waals surface area contributed by atoms with Crippen LogP contribution in [0.25, 0.3) is 0 Å². The minimum atomic E-state index is -0.413. The van der Waals surface area contributed by atoms with Gasteiger partial charge in [0.15, 0.2) is 0 Å². The van der Waals surface area contributed by atoms with Gasteiger partial charge in [0.2, 0.25) is 0 Å². The van der Waals surface area contributed by atoms with Crippen molar-refractivity contribution in [3.8, 4) is 0 Å². The van der Waals surface area contributed by atoms with Gasteiger partial charge in [-0.25, -0.2) is 0 Å². The molecule has 82 valence electrons. The number of esters is 1. The Bertz CT molecular complexity index is 169. The second-order valence-electron chi connectivity index (χ2n) is 2.59. The highest BCUT2D eigenvalue weighted by atomic mass is 16.5. The lowest BCUT2D eigenvalue weighted by atomic mass is 10.2. The summed E-state index contributed by atoms with van der Waals surface area (Å²) in [6, 6.07) is 0. The van der Waals surface area contributed by atoms with E-state index >= 15 is 0 Å². The normalized spacial score (nSPS) is 12.1. The van der Waals surface area contributed by atoms with Crippen molar-refractivity contribution in [2.75, 3.05) is 26.9 Å². The largest absolute Gasteiger partial charge is 0.466 e. The van der Waals surface area contributed by atoms with E-state index in [9.17, 15) is 9.59 Å². The van der Waals surface area contributed by atoms with Gasteiger partial charge in [0.1, 0.15) is 12.9 Å². The second-order valence-corrected chi connectivity index (χ2v) is 2.59. The Kier molecular flexibility index (Phi) is 8.07. The molecule has 0 N–H and O–H groups in total. The molecule has 0 aromatic carbocycles. The zero-order valence-electron chi connectivity index (χ0n) is 8.52. The number of carbonyl (C=O) groups excluding carboxylic acids is 2. The fraction of sp³-hybridized carbons (Fsp3) is 0.778. The summed E-state index contributed by atoms with van der Waals surface area (Å²) in [6.07, 6.45) is 0.327. The number of aldehydes is 1. The monoisotopic (exact) mass is 204 g/mol. The maximum atomic E-state index is 11.0. The summed E-state index contributed by atoms with van der Waals surface area (Å²) in [5, 5.41) is 0. The third kappa shape index (κ3) is 6.56. The summed E-state index contributed by atoms with van der Waals surface area (Å²) < 4.78 is 14.6. The van der Waals surface area contributed by atoms with Crippen molar-refractivity contribution in [3.63, 3.8) is 0 Å². The smallest absolute Gasteiger partial charge is 0.308 e. The molecule has 0 radical (unpaired) electrons. The SMILES string of the molecule is CCOC(=O)CC(COC)OCC=O. The van der Waals surface area contributed by atoms with Gasteiger partial charge in [0.05, 0.1) is 25.7 Å². The summed E-state index contributed by atoms with van der Waals surface area (Å²) >= 11 is 0. The van der Waals surface area contributed by atoms with Crippen molar-refractivity contribution >= 4 is 12.3 Å². The Morgan fingerprint density at radius 1 is 1.50 bits per heavy atom. The zero-order chi connectivity index (χ0) is 10.8. The van der Waals surface area contributed by atoms with Gasteiger partial charge in [0.25, 0.3) is 0 Å². The van der Waals surface area contributed by atoms with Crippen LogP contribution in [0, 0.1) is 0 Å². The van der Waals surface area contributed by atoms with Gasteiger partial charge in [-0.05, 0) is 6.92 Å². The molecule has 14 heavy (non-hydrogen) atoms. The summed E-state index contributed by atoms with van der Waals surface area (Å²) in [5.74, 6) is -0.347. The molecular weight excluding hydrogens is 188 g/mol. The standard InChI is InChI=1S/C9H16O5/c1-3-13-9(11)6-8(7-12-2)14-5-4-10/h4,8H,3,5-7H2,1-2H3. The molecular formula is C9H16O5. The predicted octanol–water partition coefficient (Wildman–Crippen LogP) is 0.170. The topological polar surface area (TPSA) is 61.8 Å². The minimum absolute atomic E-state index is 0.0343. The van der Waals surface area contributed by atoms with Crippen molar-refractivity contribution in [1.82, 2.24) is 0 Å². The summed E-state index contributed by atoms with van der Waals surface area (Å²) in [7, 11) is 1.50. The van der Waals surface area contributed by atoms with Crippen LogP contribution in [0.4, 0.5) is 0 Å². The lowest BCUT2D eigenvalue weighted by Crippen LogP contribution is -2.24. The van der Waals surface area contributed by atoms with Crippen molar-refractivity contribution in [2.45, 2.75) is 19.4 Å². The fourth-order valence-corrected chi connectivity index (χ4v) is 0.933. The first-order valence-corrected chi connectivity index (χ1v) is 4.44. The van der Waals surface area contributed by atoms with Crippen LogP contribution in [0.2, 0.25) is 0 Å². The van der Waals surface area contributed by atoms with Crippen LogP contribution < -0.4 is 0 Å². The van der Waals surface area contributed by atoms with Crippen LogP contribution >= 0.6 is 0 Å². The Morgan fingerprint density at radius 3 is 2.71 bits per heavy atom. The van der Waals surface area contributed by atoms with E-state index in [1.54, 1.807) is 6.92 Å². The maximum absolute atomic E-state index is 11.0. The molecule has 0 aromatic rings. The molecule has 0 aliphatic heterocycles. The predicted molar refractivity (Wildman–Crippen MR) is 48.9 cm³/mol. The van der Waals surface area contributed by atoms with Gasteiger partial charge in [-0.2, -0.15) is 0 Å². The van der Waals surface area contributed by atoms with E-state index in [1.807, 2.05) is 0 Å². The molecule has 0 fully saturated rings. The van der Waals surface area contributed by atoms with Gasteiger partial charge < -0.3 is 19.0 Å². The summed E-state index contributed by atoms with van der Waals surface area (Å²) in [5.41, 5.74) is 0. The third-order valence-corrected chi connectivity index (χ3v) is 1.45. The highest BCUT2D eigenvalue weighted by Gasteiger charge is 2.14. The van der Waals surface area contributed by atoms with Crippen LogP contribution in [0.3, 0.4) is 0 Å². The molecule has 0 spiro atoms. The average molecular weight is 204 g/mol. The van der Waals surface area contributed by atoms with Gasteiger partial charge >= 0.3 is 5.97 Å². The van der Waals surface area contributed by atoms with E-state index in [2.05, 4.69) is 0 Å². The molecule has 5 heteroatoms. The first-order chi connectivity index (χ1) is 6.74. The van der Waals surface area contributed by atoms with Gasteiger partial charge in [-0.3, -0.25) is 4.79 Å². The van der Waals surface area contributed by atoms with E-state index in [-0.39, 0.29) is 25.6 Å². The molecule has 0 rings (SSSR count). The van der Waals surface area contributed by atoms with Crippen LogP contribution in [-0.2, 0) is 23.8 Å². The first kappa shape index (κ1) is 13.1. The number of methoxy groups -OCH3 is 1. The Hall–Kier alpha value is -0.940. The molecule has 1 atom stereocenters. The van der Waals surface area contributed by atoms with Crippen LogP contribution in [0.5, 0.6) is 0 Å². The van der Waals surface area contributed by atoms with Gasteiger partial charge in [-0.1, -0.05) is 0 Å². The zero-order valence-corrected chi connectivity index (χ0v) is 8.52. The molecule has 0 saturated carbocycles. The van der Waals surface area contributed by atoms with Gasteiger partial charge in [-0.15, -0.1) is 0 Å². The minimum Gasteiger partial charge on any atom is -0.466 e. The van der Waals surface area contributed by atoms with E-state index < -0.39 is 6.10 Å². The number of carbonyl (C=O) groups is 2. The van der Waals surface area contributed by atoms with E-state index in [0.717, 1.165) is 0 Å². The fourth-order valence-electron chi connectivity index (χ4n) is 0.933. The van der Waals surface area contributed by atoms with E-state index in [1.165, 1.54) is 7.11 Å². The highest BCUT2D eigenvalue weighted by molar-refractivity contribution is 5.70. The number of hydrogen-bond acceptors (Lipinski definition) is 5. The molecule has 0 bridgehead atoms. The van der Waals surface area contributed by atoms with Crippen LogP contribution in [0.15, 0.2) is 0 Å². The molecule has 0 saturated heterocycles. The number of rotatable bonds is 8. The Labute approximate surface area is 83.3 Å². The van der Waals surface area contributed by atoms with Crippen molar-refractivity contribution in [2.24, 2.45) is 0 Å². The third-order valence-electron chi connectivity index (χ3n) is 1.45. The average Bonchev–Trinajstić information content (AvgIpc) is 2.15. The molecule has 0 amide bonds. The lowest BCUT2D eigenvalue weighted by molar-refractivity contribution is -0.148. The van der Waals surface area contributed by atoms with Crippen LogP contribution in [0.1, 0.15) is 13.3 Å². The molecule has 0 aliphatic rings. The van der Waals surface area contributed by atoms with Crippen molar-refractivity contribution in [3.05, 3.63) is 0 Å². The molecule has 5 nitrogen and oxygen atoms in total. The van der Waals surface area contributed by atoms with Crippen molar-refractivity contribution < 1.29 is 23.8 Å². The maximum Gasteiger partial charge on any atom is 0.308 e. The second kappa shape index (κ2) is 8.65. The Balaban J connectivity index is 3.81. The first-order valence-electron chi connectivity index (χ1n) is 4.44. The Morgan fingerprint density at radius 2 is 2.21 bits per heavy atom. The molecule has 1 unspecified atom stereocenters. The van der Waals surface area contributed by atoms with Crippen LogP contribution in [-0.4, -0.2) is 45.3 Å². The molecule has 0 aliphatic carbocycles. The summed E-state index contributed by atoms with van der Waals surface area (Å²) in [4.78, 5) is 21.1. The summed E-state index contributed by atoms with van der Waals surface area (Å²) in [6.45, 7) is 2.31. The van der Waals surface area contributed by atoms with Gasteiger partial charge in [0, 0.05) is 7.11 Å². The van der Waals surface area contributed by atoms with E-state index in [4.69, 9.17) is 14.2 Å². The highest BCUT2D eigenvalue weighted by Crippen LogP contribution is 2.00. The van der Waals surface area contributed by atoms with E-state index in [0.29, 0.717) is 12.9 Å². The molecule has 0 aromatic heterocycles.